The molecule has 0 bridgehead atoms. The molecule has 0 amide bonds. The van der Waals surface area contributed by atoms with Crippen molar-refractivity contribution in [3.63, 3.8) is 0 Å². The van der Waals surface area contributed by atoms with Gasteiger partial charge in [0.25, 0.3) is 0 Å². The van der Waals surface area contributed by atoms with E-state index in [-0.39, 0.29) is 0 Å². The Balaban J connectivity index is 2.11. The minimum Gasteiger partial charge on any atom is -0.438 e. The van der Waals surface area contributed by atoms with Crippen molar-refractivity contribution in [3.05, 3.63) is 52.1 Å². The zero-order chi connectivity index (χ0) is 14.5. The number of ether oxygens (including phenoxy) is 1. The summed E-state index contributed by atoms with van der Waals surface area (Å²) in [5, 5.41) is 3.38. The number of halogens is 1. The summed E-state index contributed by atoms with van der Waals surface area (Å²) in [6, 6.07) is 10.4. The van der Waals surface area contributed by atoms with E-state index in [4.69, 9.17) is 4.74 Å². The molecule has 0 atom stereocenters. The molecule has 4 heteroatoms. The summed E-state index contributed by atoms with van der Waals surface area (Å²) in [7, 11) is 0. The largest absolute Gasteiger partial charge is 0.438 e. The van der Waals surface area contributed by atoms with Crippen molar-refractivity contribution in [3.8, 4) is 11.6 Å². The average molecular weight is 335 g/mol. The molecule has 20 heavy (non-hydrogen) atoms. The highest BCUT2D eigenvalue weighted by atomic mass is 79.9. The number of pyridine rings is 1. The van der Waals surface area contributed by atoms with Gasteiger partial charge in [0.05, 0.1) is 4.47 Å². The van der Waals surface area contributed by atoms with Crippen LogP contribution in [0.2, 0.25) is 0 Å². The van der Waals surface area contributed by atoms with Gasteiger partial charge in [0, 0.05) is 24.8 Å². The maximum Gasteiger partial charge on any atom is 0.219 e. The van der Waals surface area contributed by atoms with Gasteiger partial charge in [0.1, 0.15) is 5.75 Å². The molecule has 0 aliphatic heterocycles. The van der Waals surface area contributed by atoms with E-state index in [0.29, 0.717) is 11.9 Å². The van der Waals surface area contributed by atoms with Gasteiger partial charge in [0.2, 0.25) is 5.88 Å². The molecule has 3 nitrogen and oxygen atoms in total. The molecule has 1 aromatic carbocycles. The second-order valence-electron chi connectivity index (χ2n) is 5.07. The van der Waals surface area contributed by atoms with E-state index in [2.05, 4.69) is 40.1 Å². The van der Waals surface area contributed by atoms with E-state index in [1.54, 1.807) is 6.20 Å². The fourth-order valence-electron chi connectivity index (χ4n) is 1.74. The highest BCUT2D eigenvalue weighted by Gasteiger charge is 2.05. The molecule has 1 N–H and O–H groups in total. The highest BCUT2D eigenvalue weighted by molar-refractivity contribution is 9.10. The van der Waals surface area contributed by atoms with E-state index < -0.39 is 0 Å². The number of benzene rings is 1. The molecule has 0 saturated carbocycles. The van der Waals surface area contributed by atoms with Gasteiger partial charge in [-0.2, -0.15) is 0 Å². The lowest BCUT2D eigenvalue weighted by Crippen LogP contribution is -2.21. The Kier molecular flexibility index (Phi) is 5.15. The molecule has 0 spiro atoms. The van der Waals surface area contributed by atoms with Gasteiger partial charge in [-0.25, -0.2) is 4.98 Å². The molecule has 0 radical (unpaired) electrons. The predicted octanol–water partition coefficient (Wildman–Crippen LogP) is 4.44. The molecule has 1 aromatic heterocycles. The number of hydrogen-bond donors (Lipinski definition) is 1. The monoisotopic (exact) mass is 334 g/mol. The molecule has 0 aliphatic carbocycles. The zero-order valence-electron chi connectivity index (χ0n) is 12.0. The maximum atomic E-state index is 5.83. The Labute approximate surface area is 128 Å². The first-order valence-electron chi connectivity index (χ1n) is 6.67. The van der Waals surface area contributed by atoms with Crippen LogP contribution in [-0.4, -0.2) is 11.0 Å². The molecule has 1 heterocycles. The van der Waals surface area contributed by atoms with Crippen molar-refractivity contribution in [2.24, 2.45) is 0 Å². The Morgan fingerprint density at radius 1 is 1.25 bits per heavy atom. The first kappa shape index (κ1) is 15.0. The standard InChI is InChI=1S/C16H19BrN2O/c1-11(2)19-10-13-6-7-18-16(9-13)20-15-5-4-12(3)8-14(15)17/h4-9,11,19H,10H2,1-3H3. The summed E-state index contributed by atoms with van der Waals surface area (Å²) in [6.07, 6.45) is 1.77. The number of rotatable bonds is 5. The van der Waals surface area contributed by atoms with Gasteiger partial charge in [0.15, 0.2) is 0 Å². The van der Waals surface area contributed by atoms with Crippen LogP contribution in [-0.2, 0) is 6.54 Å². The lowest BCUT2D eigenvalue weighted by atomic mass is 10.2. The maximum absolute atomic E-state index is 5.83. The predicted molar refractivity (Wildman–Crippen MR) is 85.2 cm³/mol. The van der Waals surface area contributed by atoms with Gasteiger partial charge in [-0.1, -0.05) is 19.9 Å². The first-order chi connectivity index (χ1) is 9.54. The van der Waals surface area contributed by atoms with Crippen LogP contribution in [0.4, 0.5) is 0 Å². The number of nitrogens with zero attached hydrogens (tertiary/aromatic N) is 1. The lowest BCUT2D eigenvalue weighted by molar-refractivity contribution is 0.458. The molecular weight excluding hydrogens is 316 g/mol. The third-order valence-corrected chi connectivity index (χ3v) is 3.44. The molecule has 2 aromatic rings. The highest BCUT2D eigenvalue weighted by Crippen LogP contribution is 2.29. The number of nitrogens with one attached hydrogen (secondary N) is 1. The van der Waals surface area contributed by atoms with Crippen LogP contribution in [0.1, 0.15) is 25.0 Å². The molecule has 0 fully saturated rings. The van der Waals surface area contributed by atoms with Gasteiger partial charge >= 0.3 is 0 Å². The van der Waals surface area contributed by atoms with Crippen LogP contribution in [0.3, 0.4) is 0 Å². The molecule has 106 valence electrons. The average Bonchev–Trinajstić information content (AvgIpc) is 2.40. The second-order valence-corrected chi connectivity index (χ2v) is 5.93. The summed E-state index contributed by atoms with van der Waals surface area (Å²) in [4.78, 5) is 4.25. The SMILES string of the molecule is Cc1ccc(Oc2cc(CNC(C)C)ccn2)c(Br)c1. The minimum atomic E-state index is 0.457. The summed E-state index contributed by atoms with van der Waals surface area (Å²) in [5.41, 5.74) is 2.35. The molecule has 0 unspecified atom stereocenters. The zero-order valence-corrected chi connectivity index (χ0v) is 13.6. The minimum absolute atomic E-state index is 0.457. The Morgan fingerprint density at radius 3 is 2.75 bits per heavy atom. The lowest BCUT2D eigenvalue weighted by Gasteiger charge is -2.10. The number of aryl methyl sites for hydroxylation is 1. The van der Waals surface area contributed by atoms with E-state index in [9.17, 15) is 0 Å². The third kappa shape index (κ3) is 4.32. The van der Waals surface area contributed by atoms with E-state index in [1.165, 1.54) is 5.56 Å². The van der Waals surface area contributed by atoms with Crippen molar-refractivity contribution < 1.29 is 4.74 Å². The van der Waals surface area contributed by atoms with E-state index in [0.717, 1.165) is 22.3 Å². The fraction of sp³-hybridized carbons (Fsp3) is 0.312. The Morgan fingerprint density at radius 2 is 2.05 bits per heavy atom. The topological polar surface area (TPSA) is 34.1 Å². The van der Waals surface area contributed by atoms with Crippen molar-refractivity contribution in [1.82, 2.24) is 10.3 Å². The first-order valence-corrected chi connectivity index (χ1v) is 7.46. The van der Waals surface area contributed by atoms with Gasteiger partial charge in [-0.15, -0.1) is 0 Å². The number of hydrogen-bond acceptors (Lipinski definition) is 3. The third-order valence-electron chi connectivity index (χ3n) is 2.82. The van der Waals surface area contributed by atoms with Gasteiger partial charge in [-0.05, 0) is 52.2 Å². The van der Waals surface area contributed by atoms with Crippen LogP contribution in [0, 0.1) is 6.92 Å². The van der Waals surface area contributed by atoms with Crippen molar-refractivity contribution in [2.75, 3.05) is 0 Å². The molecule has 0 aliphatic rings. The van der Waals surface area contributed by atoms with Crippen LogP contribution in [0.25, 0.3) is 0 Å². The van der Waals surface area contributed by atoms with E-state index in [1.807, 2.05) is 37.3 Å². The van der Waals surface area contributed by atoms with Crippen molar-refractivity contribution in [2.45, 2.75) is 33.4 Å². The molecule has 2 rings (SSSR count). The molecule has 0 saturated heterocycles. The summed E-state index contributed by atoms with van der Waals surface area (Å²) in [6.45, 7) is 7.11. The second kappa shape index (κ2) is 6.86. The summed E-state index contributed by atoms with van der Waals surface area (Å²) < 4.78 is 6.76. The summed E-state index contributed by atoms with van der Waals surface area (Å²) in [5.74, 6) is 1.38. The number of aromatic nitrogens is 1. The van der Waals surface area contributed by atoms with Gasteiger partial charge < -0.3 is 10.1 Å². The quantitative estimate of drug-likeness (QED) is 0.877. The van der Waals surface area contributed by atoms with Crippen molar-refractivity contribution in [1.29, 1.82) is 0 Å². The van der Waals surface area contributed by atoms with Crippen LogP contribution < -0.4 is 10.1 Å². The van der Waals surface area contributed by atoms with E-state index >= 15 is 0 Å². The van der Waals surface area contributed by atoms with Crippen molar-refractivity contribution >= 4 is 15.9 Å². The van der Waals surface area contributed by atoms with Crippen LogP contribution in [0.5, 0.6) is 11.6 Å². The summed E-state index contributed by atoms with van der Waals surface area (Å²) >= 11 is 3.51. The molecular formula is C16H19BrN2O. The Bertz CT molecular complexity index is 584. The smallest absolute Gasteiger partial charge is 0.219 e. The Hall–Kier alpha value is -1.39. The van der Waals surface area contributed by atoms with Crippen LogP contribution in [0.15, 0.2) is 41.0 Å². The van der Waals surface area contributed by atoms with Gasteiger partial charge in [-0.3, -0.25) is 0 Å². The normalized spacial score (nSPS) is 10.8. The fourth-order valence-corrected chi connectivity index (χ4v) is 2.31. The van der Waals surface area contributed by atoms with Crippen LogP contribution >= 0.6 is 15.9 Å².